The predicted octanol–water partition coefficient (Wildman–Crippen LogP) is 2.36. The highest BCUT2D eigenvalue weighted by Crippen LogP contribution is 2.67. The van der Waals surface area contributed by atoms with E-state index in [0.717, 1.165) is 16.8 Å². The van der Waals surface area contributed by atoms with E-state index in [1.807, 2.05) is 32.0 Å². The molecule has 3 unspecified atom stereocenters. The monoisotopic (exact) mass is 522 g/mol. The van der Waals surface area contributed by atoms with E-state index in [1.165, 1.54) is 16.7 Å². The number of aliphatic carboxylic acids is 1. The number of alkyl halides is 1. The first-order valence-electron chi connectivity index (χ1n) is 10.6. The van der Waals surface area contributed by atoms with Gasteiger partial charge >= 0.3 is 5.97 Å². The highest BCUT2D eigenvalue weighted by molar-refractivity contribution is 9.09. The van der Waals surface area contributed by atoms with Crippen molar-refractivity contribution in [3.05, 3.63) is 42.0 Å². The summed E-state index contributed by atoms with van der Waals surface area (Å²) in [6.45, 7) is 7.64. The number of fused-ring (bicyclic) bond motifs is 1. The van der Waals surface area contributed by atoms with Crippen LogP contribution in [0.2, 0.25) is 0 Å². The van der Waals surface area contributed by atoms with Crippen LogP contribution in [0.3, 0.4) is 0 Å². The molecule has 3 aliphatic rings. The van der Waals surface area contributed by atoms with Crippen LogP contribution in [0.5, 0.6) is 0 Å². The highest BCUT2D eigenvalue weighted by atomic mass is 79.9. The number of likely N-dealkylation sites (tertiary alicyclic amines) is 1. The van der Waals surface area contributed by atoms with Crippen molar-refractivity contribution in [2.75, 3.05) is 24.6 Å². The molecule has 9 heteroatoms. The lowest BCUT2D eigenvalue weighted by Gasteiger charge is -2.38. The van der Waals surface area contributed by atoms with Gasteiger partial charge in [-0.1, -0.05) is 40.2 Å². The molecule has 3 aliphatic heterocycles. The van der Waals surface area contributed by atoms with Gasteiger partial charge < -0.3 is 20.0 Å². The molecule has 3 heterocycles. The number of benzene rings is 1. The largest absolute Gasteiger partial charge is 0.481 e. The van der Waals surface area contributed by atoms with Gasteiger partial charge in [0.05, 0.1) is 23.2 Å². The van der Waals surface area contributed by atoms with E-state index in [9.17, 15) is 24.6 Å². The first-order valence-corrected chi connectivity index (χ1v) is 12.4. The topological polar surface area (TPSA) is 98.2 Å². The minimum atomic E-state index is -1.01. The number of hydrogen-bond acceptors (Lipinski definition) is 5. The van der Waals surface area contributed by atoms with Gasteiger partial charge in [-0.15, -0.1) is 18.3 Å². The van der Waals surface area contributed by atoms with E-state index in [0.29, 0.717) is 6.42 Å². The number of carbonyl (C=O) groups excluding carboxylic acids is 2. The summed E-state index contributed by atoms with van der Waals surface area (Å²) >= 11 is 5.08. The van der Waals surface area contributed by atoms with Crippen LogP contribution >= 0.6 is 27.7 Å². The molecule has 2 amide bonds. The van der Waals surface area contributed by atoms with E-state index >= 15 is 0 Å². The van der Waals surface area contributed by atoms with Crippen LogP contribution in [-0.4, -0.2) is 73.5 Å². The average molecular weight is 523 g/mol. The lowest BCUT2D eigenvalue weighted by Crippen LogP contribution is -2.56. The fourth-order valence-corrected chi connectivity index (χ4v) is 9.44. The molecule has 0 aliphatic carbocycles. The Balaban J connectivity index is 1.84. The van der Waals surface area contributed by atoms with Crippen molar-refractivity contribution in [1.29, 1.82) is 0 Å². The molecule has 1 spiro atoms. The van der Waals surface area contributed by atoms with Crippen molar-refractivity contribution in [3.63, 3.8) is 0 Å². The third kappa shape index (κ3) is 3.23. The molecule has 2 bridgehead atoms. The number of thioether (sulfide) groups is 1. The van der Waals surface area contributed by atoms with Crippen molar-refractivity contribution < 1.29 is 24.6 Å². The van der Waals surface area contributed by atoms with E-state index in [2.05, 4.69) is 22.5 Å². The summed E-state index contributed by atoms with van der Waals surface area (Å²) in [5.41, 5.74) is 2.63. The fourth-order valence-electron chi connectivity index (χ4n) is 5.84. The number of aliphatic hydroxyl groups is 1. The molecule has 172 valence electrons. The third-order valence-corrected chi connectivity index (χ3v) is 10.2. The zero-order chi connectivity index (χ0) is 23.4. The molecule has 0 radical (unpaired) electrons. The Morgan fingerprint density at radius 3 is 2.59 bits per heavy atom. The summed E-state index contributed by atoms with van der Waals surface area (Å²) in [5, 5.41) is 19.3. The molecule has 6 atom stereocenters. The fraction of sp³-hybridized carbons (Fsp3) is 0.522. The lowest BCUT2D eigenvalue weighted by molar-refractivity contribution is -0.148. The van der Waals surface area contributed by atoms with Gasteiger partial charge in [-0.3, -0.25) is 14.4 Å². The van der Waals surface area contributed by atoms with E-state index < -0.39 is 28.6 Å². The second-order valence-corrected chi connectivity index (χ2v) is 11.5. The van der Waals surface area contributed by atoms with Gasteiger partial charge in [0.1, 0.15) is 6.04 Å². The Labute approximate surface area is 200 Å². The normalized spacial score (nSPS) is 32.8. The minimum Gasteiger partial charge on any atom is -0.481 e. The van der Waals surface area contributed by atoms with Crippen molar-refractivity contribution in [2.45, 2.75) is 41.1 Å². The number of aryl methyl sites for hydroxylation is 2. The quantitative estimate of drug-likeness (QED) is 0.421. The van der Waals surface area contributed by atoms with Gasteiger partial charge in [-0.25, -0.2) is 0 Å². The zero-order valence-electron chi connectivity index (χ0n) is 18.0. The number of para-hydroxylation sites is 1. The molecule has 3 saturated heterocycles. The molecule has 3 fully saturated rings. The Bertz CT molecular complexity index is 967. The molecular formula is C23H27BrN2O5S. The predicted molar refractivity (Wildman–Crippen MR) is 127 cm³/mol. The van der Waals surface area contributed by atoms with Gasteiger partial charge in [0.2, 0.25) is 5.91 Å². The van der Waals surface area contributed by atoms with Crippen molar-refractivity contribution in [1.82, 2.24) is 4.90 Å². The van der Waals surface area contributed by atoms with Gasteiger partial charge in [0.15, 0.2) is 0 Å². The molecule has 0 saturated carbocycles. The van der Waals surface area contributed by atoms with Gasteiger partial charge in [0, 0.05) is 28.9 Å². The molecule has 0 aromatic heterocycles. The summed E-state index contributed by atoms with van der Waals surface area (Å²) in [6.07, 6.45) is 2.17. The number of carboxylic acid groups (broad SMARTS) is 1. The summed E-state index contributed by atoms with van der Waals surface area (Å²) in [4.78, 5) is 42.8. The minimum absolute atomic E-state index is 0.00725. The van der Waals surface area contributed by atoms with Crippen molar-refractivity contribution in [3.8, 4) is 0 Å². The first-order chi connectivity index (χ1) is 15.2. The molecule has 2 N–H and O–H groups in total. The number of nitrogens with zero attached hydrogens (tertiary/aromatic N) is 2. The summed E-state index contributed by atoms with van der Waals surface area (Å²) in [6, 6.07) is 4.94. The number of aliphatic hydroxyl groups excluding tert-OH is 1. The maximum absolute atomic E-state index is 14.2. The van der Waals surface area contributed by atoms with Crippen LogP contribution in [0, 0.1) is 25.7 Å². The van der Waals surface area contributed by atoms with Gasteiger partial charge in [-0.2, -0.15) is 0 Å². The first kappa shape index (κ1) is 23.3. The van der Waals surface area contributed by atoms with E-state index in [4.69, 9.17) is 0 Å². The third-order valence-electron chi connectivity index (χ3n) is 6.94. The van der Waals surface area contributed by atoms with Crippen molar-refractivity contribution >= 4 is 51.2 Å². The number of amides is 2. The molecule has 32 heavy (non-hydrogen) atoms. The molecule has 1 aromatic rings. The second kappa shape index (κ2) is 8.50. The Morgan fingerprint density at radius 1 is 1.38 bits per heavy atom. The Morgan fingerprint density at radius 2 is 2.03 bits per heavy atom. The standard InChI is InChI=1S/C23H27BrN2O5S/c1-4-8-25(17-12(2)6-5-7-13(17)3)21(29)19-23-11-14(24)18(32-23)15(22(30)31)16(23)20(28)26(19)9-10-27/h4-7,14-16,18-19,27H,1,8-11H2,2-3H3,(H,30,31)/t14?,15-,16+,18-,19?,23?/m1/s1. The van der Waals surface area contributed by atoms with Gasteiger partial charge in [-0.05, 0) is 31.4 Å². The van der Waals surface area contributed by atoms with Crippen LogP contribution in [-0.2, 0) is 14.4 Å². The van der Waals surface area contributed by atoms with Gasteiger partial charge in [0.25, 0.3) is 5.91 Å². The number of rotatable bonds is 7. The number of halogens is 1. The van der Waals surface area contributed by atoms with Crippen LogP contribution in [0.15, 0.2) is 30.9 Å². The second-order valence-electron chi connectivity index (χ2n) is 8.73. The molecule has 4 rings (SSSR count). The summed E-state index contributed by atoms with van der Waals surface area (Å²) < 4.78 is -0.846. The van der Waals surface area contributed by atoms with Crippen LogP contribution in [0.4, 0.5) is 5.69 Å². The highest BCUT2D eigenvalue weighted by Gasteiger charge is 2.76. The molecule has 7 nitrogen and oxygen atoms in total. The van der Waals surface area contributed by atoms with E-state index in [1.54, 1.807) is 11.0 Å². The maximum Gasteiger partial charge on any atom is 0.308 e. The number of anilines is 1. The number of carbonyl (C=O) groups is 3. The Hall–Kier alpha value is -1.84. The number of hydrogen-bond donors (Lipinski definition) is 2. The van der Waals surface area contributed by atoms with E-state index in [-0.39, 0.29) is 41.6 Å². The molecule has 1 aromatic carbocycles. The Kier molecular flexibility index (Phi) is 6.19. The zero-order valence-corrected chi connectivity index (χ0v) is 20.4. The molecular weight excluding hydrogens is 496 g/mol. The lowest BCUT2D eigenvalue weighted by atomic mass is 9.71. The van der Waals surface area contributed by atoms with Crippen LogP contribution in [0.1, 0.15) is 17.5 Å². The summed E-state index contributed by atoms with van der Waals surface area (Å²) in [5.74, 6) is -3.27. The average Bonchev–Trinajstić information content (AvgIpc) is 3.31. The van der Waals surface area contributed by atoms with Crippen LogP contribution in [0.25, 0.3) is 0 Å². The van der Waals surface area contributed by atoms with Crippen molar-refractivity contribution in [2.24, 2.45) is 11.8 Å². The SMILES string of the molecule is C=CCN(C(=O)C1N(CCO)C(=O)[C@@H]2[C@@H](C(=O)O)[C@@H]3SC12CC3Br)c1c(C)cccc1C. The smallest absolute Gasteiger partial charge is 0.308 e. The summed E-state index contributed by atoms with van der Waals surface area (Å²) in [7, 11) is 0. The maximum atomic E-state index is 14.2. The number of carboxylic acids is 1. The van der Waals surface area contributed by atoms with Crippen LogP contribution < -0.4 is 4.90 Å². The number of β-amino-alcohol motifs (C(OH)–C–C–N with tert-alkyl or cyclic N) is 1.